The first-order chi connectivity index (χ1) is 8.60. The molecule has 0 aliphatic heterocycles. The average Bonchev–Trinajstić information content (AvgIpc) is 2.40. The van der Waals surface area contributed by atoms with E-state index >= 15 is 0 Å². The molecule has 1 heterocycles. The predicted molar refractivity (Wildman–Crippen MR) is 72.6 cm³/mol. The van der Waals surface area contributed by atoms with Gasteiger partial charge >= 0.3 is 0 Å². The number of rotatable bonds is 6. The van der Waals surface area contributed by atoms with E-state index in [1.54, 1.807) is 18.3 Å². The molecule has 0 unspecified atom stereocenters. The zero-order valence-corrected chi connectivity index (χ0v) is 11.4. The first-order valence-corrected chi connectivity index (χ1v) is 7.30. The molecule has 0 atom stereocenters. The van der Waals surface area contributed by atoms with Crippen LogP contribution < -0.4 is 4.72 Å². The second-order valence-corrected chi connectivity index (χ2v) is 5.43. The summed E-state index contributed by atoms with van der Waals surface area (Å²) in [4.78, 5) is 3.97. The Morgan fingerprint density at radius 1 is 1.50 bits per heavy atom. The highest BCUT2D eigenvalue weighted by molar-refractivity contribution is 7.89. The molecule has 0 saturated carbocycles. The molecule has 0 radical (unpaired) electrons. The molecule has 0 spiro atoms. The van der Waals surface area contributed by atoms with Crippen LogP contribution in [-0.2, 0) is 10.0 Å². The monoisotopic (exact) mass is 266 g/mol. The summed E-state index contributed by atoms with van der Waals surface area (Å²) in [5.74, 6) is 0. The lowest BCUT2D eigenvalue weighted by Crippen LogP contribution is -2.23. The zero-order valence-electron chi connectivity index (χ0n) is 10.6. The Labute approximate surface area is 109 Å². The zero-order chi connectivity index (χ0) is 13.4. The minimum atomic E-state index is -3.45. The fraction of sp³-hybridized carbons (Fsp3) is 0.308. The van der Waals surface area contributed by atoms with E-state index in [4.69, 9.17) is 0 Å². The maximum atomic E-state index is 11.8. The third kappa shape index (κ3) is 4.43. The van der Waals surface area contributed by atoms with E-state index in [1.807, 2.05) is 19.1 Å². The number of allylic oxidation sites excluding steroid dienone is 3. The predicted octanol–water partition coefficient (Wildman–Crippen LogP) is 2.27. The molecule has 0 saturated heterocycles. The van der Waals surface area contributed by atoms with Crippen LogP contribution in [0, 0.1) is 0 Å². The lowest BCUT2D eigenvalue weighted by Gasteiger charge is -2.03. The van der Waals surface area contributed by atoms with Crippen molar-refractivity contribution in [3.8, 4) is 0 Å². The molecule has 0 aliphatic rings. The second-order valence-electron chi connectivity index (χ2n) is 3.66. The first-order valence-electron chi connectivity index (χ1n) is 5.81. The van der Waals surface area contributed by atoms with Gasteiger partial charge in [0.1, 0.15) is 4.90 Å². The van der Waals surface area contributed by atoms with Crippen molar-refractivity contribution in [2.24, 2.45) is 0 Å². The summed E-state index contributed by atoms with van der Waals surface area (Å²) in [5.41, 5.74) is 1.18. The summed E-state index contributed by atoms with van der Waals surface area (Å²) in [6, 6.07) is 3.11. The number of hydrogen-bond donors (Lipinski definition) is 1. The summed E-state index contributed by atoms with van der Waals surface area (Å²) in [6.07, 6.45) is 9.53. The van der Waals surface area contributed by atoms with Crippen LogP contribution in [0.1, 0.15) is 20.3 Å². The smallest absolute Gasteiger partial charge is 0.242 e. The van der Waals surface area contributed by atoms with E-state index in [0.29, 0.717) is 0 Å². The fourth-order valence-electron chi connectivity index (χ4n) is 1.38. The highest BCUT2D eigenvalue weighted by Gasteiger charge is 2.11. The highest BCUT2D eigenvalue weighted by atomic mass is 32.2. The van der Waals surface area contributed by atoms with E-state index in [-0.39, 0.29) is 11.4 Å². The van der Waals surface area contributed by atoms with Gasteiger partial charge in [0.25, 0.3) is 0 Å². The van der Waals surface area contributed by atoms with E-state index in [1.165, 1.54) is 17.8 Å². The molecule has 1 aromatic heterocycles. The molecule has 0 fully saturated rings. The minimum Gasteiger partial charge on any atom is -0.263 e. The van der Waals surface area contributed by atoms with Crippen LogP contribution in [0.2, 0.25) is 0 Å². The van der Waals surface area contributed by atoms with Crippen molar-refractivity contribution in [2.75, 3.05) is 6.54 Å². The van der Waals surface area contributed by atoms with Gasteiger partial charge in [0.15, 0.2) is 0 Å². The summed E-state index contributed by atoms with van der Waals surface area (Å²) >= 11 is 0. The van der Waals surface area contributed by atoms with Crippen molar-refractivity contribution in [3.63, 3.8) is 0 Å². The molecule has 18 heavy (non-hydrogen) atoms. The van der Waals surface area contributed by atoms with Gasteiger partial charge in [-0.05, 0) is 25.5 Å². The lowest BCUT2D eigenvalue weighted by molar-refractivity contribution is 0.585. The Morgan fingerprint density at radius 2 is 2.28 bits per heavy atom. The highest BCUT2D eigenvalue weighted by Crippen LogP contribution is 2.05. The van der Waals surface area contributed by atoms with E-state index in [2.05, 4.69) is 16.6 Å². The van der Waals surface area contributed by atoms with Gasteiger partial charge in [0, 0.05) is 18.9 Å². The Balaban J connectivity index is 2.59. The van der Waals surface area contributed by atoms with Gasteiger partial charge in [-0.1, -0.05) is 30.7 Å². The van der Waals surface area contributed by atoms with Crippen LogP contribution >= 0.6 is 0 Å². The van der Waals surface area contributed by atoms with E-state index in [9.17, 15) is 8.42 Å². The van der Waals surface area contributed by atoms with Gasteiger partial charge in [-0.3, -0.25) is 4.98 Å². The summed E-state index contributed by atoms with van der Waals surface area (Å²) in [6.45, 7) is 4.29. The van der Waals surface area contributed by atoms with Gasteiger partial charge < -0.3 is 0 Å². The van der Waals surface area contributed by atoms with Gasteiger partial charge in [0.05, 0.1) is 0 Å². The molecule has 0 bridgehead atoms. The number of aromatic nitrogens is 1. The summed E-state index contributed by atoms with van der Waals surface area (Å²) < 4.78 is 26.1. The fourth-order valence-corrected chi connectivity index (χ4v) is 2.32. The van der Waals surface area contributed by atoms with Crippen molar-refractivity contribution in [1.82, 2.24) is 9.71 Å². The van der Waals surface area contributed by atoms with Crippen molar-refractivity contribution in [3.05, 3.63) is 48.3 Å². The van der Waals surface area contributed by atoms with Gasteiger partial charge in [-0.2, -0.15) is 0 Å². The molecule has 0 aromatic carbocycles. The van der Waals surface area contributed by atoms with Crippen LogP contribution in [0.4, 0.5) is 0 Å². The number of hydrogen-bond acceptors (Lipinski definition) is 3. The molecule has 4 nitrogen and oxygen atoms in total. The molecule has 5 heteroatoms. The molecular formula is C13H18N2O2S. The van der Waals surface area contributed by atoms with Crippen molar-refractivity contribution >= 4 is 10.0 Å². The number of nitrogens with zero attached hydrogens (tertiary/aromatic N) is 1. The SMILES string of the molecule is CC=C(C=CCNS(=O)(=O)c1cccnc1)CC. The molecule has 98 valence electrons. The van der Waals surface area contributed by atoms with Crippen molar-refractivity contribution in [2.45, 2.75) is 25.2 Å². The molecule has 1 rings (SSSR count). The molecule has 0 amide bonds. The summed E-state index contributed by atoms with van der Waals surface area (Å²) in [7, 11) is -3.45. The third-order valence-electron chi connectivity index (χ3n) is 2.45. The summed E-state index contributed by atoms with van der Waals surface area (Å²) in [5, 5.41) is 0. The topological polar surface area (TPSA) is 59.1 Å². The van der Waals surface area contributed by atoms with Crippen LogP contribution in [-0.4, -0.2) is 19.9 Å². The molecule has 0 aliphatic carbocycles. The van der Waals surface area contributed by atoms with E-state index < -0.39 is 10.0 Å². The van der Waals surface area contributed by atoms with Crippen molar-refractivity contribution in [1.29, 1.82) is 0 Å². The maximum Gasteiger partial charge on any atom is 0.242 e. The van der Waals surface area contributed by atoms with Crippen LogP contribution in [0.3, 0.4) is 0 Å². The van der Waals surface area contributed by atoms with Crippen LogP contribution in [0.5, 0.6) is 0 Å². The number of sulfonamides is 1. The molecule has 1 aromatic rings. The minimum absolute atomic E-state index is 0.181. The third-order valence-corrected chi connectivity index (χ3v) is 3.86. The largest absolute Gasteiger partial charge is 0.263 e. The van der Waals surface area contributed by atoms with Crippen LogP contribution in [0.25, 0.3) is 0 Å². The second kappa shape index (κ2) is 7.08. The Kier molecular flexibility index (Phi) is 5.74. The molecular weight excluding hydrogens is 248 g/mol. The van der Waals surface area contributed by atoms with E-state index in [0.717, 1.165) is 6.42 Å². The van der Waals surface area contributed by atoms with Crippen molar-refractivity contribution < 1.29 is 8.42 Å². The standard InChI is InChI=1S/C13H18N2O2S/c1-3-12(4-2)7-5-10-15-18(16,17)13-8-6-9-14-11-13/h3,5-9,11,15H,4,10H2,1-2H3. The number of pyridine rings is 1. The van der Waals surface area contributed by atoms with Gasteiger partial charge in [-0.15, -0.1) is 0 Å². The Morgan fingerprint density at radius 3 is 2.83 bits per heavy atom. The first kappa shape index (κ1) is 14.6. The van der Waals surface area contributed by atoms with Gasteiger partial charge in [0.2, 0.25) is 10.0 Å². The molecule has 1 N–H and O–H groups in total. The maximum absolute atomic E-state index is 11.8. The quantitative estimate of drug-likeness (QED) is 0.804. The Hall–Kier alpha value is -1.46. The number of nitrogens with one attached hydrogen (secondary N) is 1. The van der Waals surface area contributed by atoms with Gasteiger partial charge in [-0.25, -0.2) is 13.1 Å². The normalized spacial score (nSPS) is 13.1. The van der Waals surface area contributed by atoms with Crippen LogP contribution in [0.15, 0.2) is 53.2 Å². The Bertz CT molecular complexity index is 519. The average molecular weight is 266 g/mol. The lowest BCUT2D eigenvalue weighted by atomic mass is 10.2.